The van der Waals surface area contributed by atoms with Crippen molar-refractivity contribution in [1.29, 1.82) is 0 Å². The number of aryl methyl sites for hydroxylation is 1. The number of anilines is 1. The molecule has 21 heavy (non-hydrogen) atoms. The minimum atomic E-state index is -0.0510. The average Bonchev–Trinajstić information content (AvgIpc) is 2.48. The molecule has 0 bridgehead atoms. The molecular formula is C16H23ClN2O2. The zero-order chi connectivity index (χ0) is 15.1. The quantitative estimate of drug-likeness (QED) is 0.794. The minimum absolute atomic E-state index is 0.0510. The maximum Gasteiger partial charge on any atom is 0.238 e. The Labute approximate surface area is 131 Å². The van der Waals surface area contributed by atoms with Crippen molar-refractivity contribution in [3.63, 3.8) is 0 Å². The second-order valence-electron chi connectivity index (χ2n) is 5.46. The summed E-state index contributed by atoms with van der Waals surface area (Å²) >= 11 is 5.93. The van der Waals surface area contributed by atoms with Crippen molar-refractivity contribution in [3.8, 4) is 0 Å². The molecule has 0 aromatic heterocycles. The van der Waals surface area contributed by atoms with Gasteiger partial charge >= 0.3 is 0 Å². The van der Waals surface area contributed by atoms with Gasteiger partial charge in [-0.2, -0.15) is 0 Å². The maximum atomic E-state index is 11.9. The molecule has 116 valence electrons. The third kappa shape index (κ3) is 5.65. The van der Waals surface area contributed by atoms with Gasteiger partial charge in [-0.15, -0.1) is 0 Å². The molecule has 1 aliphatic rings. The predicted molar refractivity (Wildman–Crippen MR) is 85.9 cm³/mol. The van der Waals surface area contributed by atoms with Crippen molar-refractivity contribution in [2.24, 2.45) is 0 Å². The summed E-state index contributed by atoms with van der Waals surface area (Å²) in [5, 5.41) is 6.66. The summed E-state index contributed by atoms with van der Waals surface area (Å²) in [6.45, 7) is 3.92. The van der Waals surface area contributed by atoms with Crippen LogP contribution in [0.5, 0.6) is 0 Å². The first-order valence-electron chi connectivity index (χ1n) is 7.53. The van der Waals surface area contributed by atoms with Gasteiger partial charge < -0.3 is 15.4 Å². The topological polar surface area (TPSA) is 50.4 Å². The molecule has 0 aliphatic carbocycles. The Hall–Kier alpha value is -1.10. The molecule has 1 atom stereocenters. The second-order valence-corrected chi connectivity index (χ2v) is 5.90. The van der Waals surface area contributed by atoms with Crippen LogP contribution in [0.4, 0.5) is 5.69 Å². The van der Waals surface area contributed by atoms with Crippen LogP contribution in [-0.2, 0) is 9.53 Å². The summed E-state index contributed by atoms with van der Waals surface area (Å²) in [5.41, 5.74) is 1.77. The fraction of sp³-hybridized carbons (Fsp3) is 0.562. The fourth-order valence-electron chi connectivity index (χ4n) is 2.42. The molecule has 1 amide bonds. The van der Waals surface area contributed by atoms with E-state index in [1.165, 1.54) is 12.8 Å². The molecule has 5 heteroatoms. The normalized spacial score (nSPS) is 18.5. The first-order valence-corrected chi connectivity index (χ1v) is 7.91. The van der Waals surface area contributed by atoms with Crippen molar-refractivity contribution in [2.75, 3.05) is 25.0 Å². The van der Waals surface area contributed by atoms with E-state index in [4.69, 9.17) is 16.3 Å². The van der Waals surface area contributed by atoms with E-state index in [9.17, 15) is 4.79 Å². The lowest BCUT2D eigenvalue weighted by Crippen LogP contribution is -2.31. The zero-order valence-electron chi connectivity index (χ0n) is 12.5. The molecule has 0 saturated carbocycles. The number of hydrogen-bond acceptors (Lipinski definition) is 3. The van der Waals surface area contributed by atoms with Crippen molar-refractivity contribution in [2.45, 2.75) is 38.7 Å². The Balaban J connectivity index is 1.66. The Morgan fingerprint density at radius 1 is 1.43 bits per heavy atom. The molecule has 1 aromatic rings. The summed E-state index contributed by atoms with van der Waals surface area (Å²) in [6, 6.07) is 5.48. The van der Waals surface area contributed by atoms with Crippen LogP contribution in [0.1, 0.15) is 31.2 Å². The highest BCUT2D eigenvalue weighted by Crippen LogP contribution is 2.20. The number of amides is 1. The lowest BCUT2D eigenvalue weighted by Gasteiger charge is -2.22. The molecule has 2 rings (SSSR count). The molecule has 1 fully saturated rings. The molecule has 1 saturated heterocycles. The average molecular weight is 311 g/mol. The molecule has 1 unspecified atom stereocenters. The summed E-state index contributed by atoms with van der Waals surface area (Å²) in [5.74, 6) is -0.0510. The van der Waals surface area contributed by atoms with Crippen LogP contribution >= 0.6 is 11.6 Å². The number of halogens is 1. The Morgan fingerprint density at radius 3 is 3.05 bits per heavy atom. The number of carbonyl (C=O) groups excluding carboxylic acids is 1. The minimum Gasteiger partial charge on any atom is -0.378 e. The van der Waals surface area contributed by atoms with E-state index in [1.807, 2.05) is 19.1 Å². The summed E-state index contributed by atoms with van der Waals surface area (Å²) in [6.07, 6.45) is 4.87. The molecule has 1 aliphatic heterocycles. The van der Waals surface area contributed by atoms with Crippen LogP contribution in [0, 0.1) is 6.92 Å². The molecular weight excluding hydrogens is 288 g/mol. The molecule has 4 nitrogen and oxygen atoms in total. The van der Waals surface area contributed by atoms with Gasteiger partial charge in [-0.3, -0.25) is 4.79 Å². The highest BCUT2D eigenvalue weighted by molar-refractivity contribution is 6.31. The smallest absolute Gasteiger partial charge is 0.238 e. The van der Waals surface area contributed by atoms with E-state index >= 15 is 0 Å². The van der Waals surface area contributed by atoms with Gasteiger partial charge in [0.2, 0.25) is 5.91 Å². The van der Waals surface area contributed by atoms with Crippen molar-refractivity contribution in [1.82, 2.24) is 5.32 Å². The molecule has 0 radical (unpaired) electrons. The summed E-state index contributed by atoms with van der Waals surface area (Å²) in [7, 11) is 0. The van der Waals surface area contributed by atoms with Crippen molar-refractivity contribution in [3.05, 3.63) is 28.8 Å². The zero-order valence-corrected chi connectivity index (χ0v) is 13.2. The van der Waals surface area contributed by atoms with Crippen LogP contribution in [0.3, 0.4) is 0 Å². The SMILES string of the molecule is Cc1ccc(Cl)cc1NC(=O)CNCCC1CCCCO1. The lowest BCUT2D eigenvalue weighted by molar-refractivity contribution is -0.115. The number of ether oxygens (including phenoxy) is 1. The largest absolute Gasteiger partial charge is 0.378 e. The van der Waals surface area contributed by atoms with Gasteiger partial charge in [0.15, 0.2) is 0 Å². The number of hydrogen-bond donors (Lipinski definition) is 2. The monoisotopic (exact) mass is 310 g/mol. The Kier molecular flexibility index (Phi) is 6.49. The van der Waals surface area contributed by atoms with Gasteiger partial charge in [0.25, 0.3) is 0 Å². The van der Waals surface area contributed by atoms with Gasteiger partial charge in [-0.25, -0.2) is 0 Å². The first-order chi connectivity index (χ1) is 10.1. The van der Waals surface area contributed by atoms with Crippen LogP contribution in [0.25, 0.3) is 0 Å². The van der Waals surface area contributed by atoms with E-state index in [0.29, 0.717) is 17.7 Å². The van der Waals surface area contributed by atoms with E-state index in [-0.39, 0.29) is 5.91 Å². The maximum absolute atomic E-state index is 11.9. The Morgan fingerprint density at radius 2 is 2.29 bits per heavy atom. The van der Waals surface area contributed by atoms with Crippen LogP contribution in [0.15, 0.2) is 18.2 Å². The van der Waals surface area contributed by atoms with E-state index < -0.39 is 0 Å². The van der Waals surface area contributed by atoms with Crippen LogP contribution in [0.2, 0.25) is 5.02 Å². The standard InChI is InChI=1S/C16H23ClN2O2/c1-12-5-6-13(17)10-15(12)19-16(20)11-18-8-7-14-4-2-3-9-21-14/h5-6,10,14,18H,2-4,7-9,11H2,1H3,(H,19,20). The number of benzene rings is 1. The number of nitrogens with one attached hydrogen (secondary N) is 2. The molecule has 1 heterocycles. The van der Waals surface area contributed by atoms with Gasteiger partial charge in [-0.05, 0) is 56.8 Å². The van der Waals surface area contributed by atoms with E-state index in [2.05, 4.69) is 10.6 Å². The van der Waals surface area contributed by atoms with E-state index in [1.54, 1.807) is 6.07 Å². The third-order valence-corrected chi connectivity index (χ3v) is 3.91. The van der Waals surface area contributed by atoms with Gasteiger partial charge in [-0.1, -0.05) is 17.7 Å². The molecule has 2 N–H and O–H groups in total. The van der Waals surface area contributed by atoms with E-state index in [0.717, 1.165) is 37.2 Å². The molecule has 0 spiro atoms. The second kappa shape index (κ2) is 8.37. The van der Waals surface area contributed by atoms with Crippen LogP contribution < -0.4 is 10.6 Å². The number of carbonyl (C=O) groups is 1. The third-order valence-electron chi connectivity index (χ3n) is 3.68. The lowest BCUT2D eigenvalue weighted by atomic mass is 10.1. The Bertz CT molecular complexity index is 473. The summed E-state index contributed by atoms with van der Waals surface area (Å²) in [4.78, 5) is 11.9. The van der Waals surface area contributed by atoms with Crippen molar-refractivity contribution >= 4 is 23.2 Å². The van der Waals surface area contributed by atoms with Gasteiger partial charge in [0, 0.05) is 17.3 Å². The number of rotatable bonds is 6. The highest BCUT2D eigenvalue weighted by Gasteiger charge is 2.13. The highest BCUT2D eigenvalue weighted by atomic mass is 35.5. The van der Waals surface area contributed by atoms with Crippen molar-refractivity contribution < 1.29 is 9.53 Å². The molecule has 1 aromatic carbocycles. The van der Waals surface area contributed by atoms with Gasteiger partial charge in [0.1, 0.15) is 0 Å². The first kappa shape index (κ1) is 16.3. The predicted octanol–water partition coefficient (Wildman–Crippen LogP) is 3.14. The summed E-state index contributed by atoms with van der Waals surface area (Å²) < 4.78 is 5.65. The van der Waals surface area contributed by atoms with Gasteiger partial charge in [0.05, 0.1) is 12.6 Å². The fourth-order valence-corrected chi connectivity index (χ4v) is 2.60. The van der Waals surface area contributed by atoms with Crippen LogP contribution in [-0.4, -0.2) is 31.7 Å².